The number of hydrogen-bond acceptors (Lipinski definition) is 4. The molecule has 2 amide bonds. The Kier molecular flexibility index (Phi) is 7.09. The summed E-state index contributed by atoms with van der Waals surface area (Å²) in [6.45, 7) is 0.961. The Morgan fingerprint density at radius 1 is 1.19 bits per heavy atom. The third-order valence-corrected chi connectivity index (χ3v) is 5.36. The first kappa shape index (κ1) is 22.5. The van der Waals surface area contributed by atoms with E-state index in [1.54, 1.807) is 0 Å². The lowest BCUT2D eigenvalue weighted by molar-refractivity contribution is -0.136. The summed E-state index contributed by atoms with van der Waals surface area (Å²) in [5, 5.41) is 8.17. The maximum absolute atomic E-state index is 13.6. The average Bonchev–Trinajstić information content (AvgIpc) is 3.06. The van der Waals surface area contributed by atoms with Crippen LogP contribution in [0.25, 0.3) is 0 Å². The molecule has 10 heteroatoms. The Balaban J connectivity index is 1.79. The van der Waals surface area contributed by atoms with E-state index in [1.165, 1.54) is 12.1 Å². The van der Waals surface area contributed by atoms with Crippen molar-refractivity contribution in [3.05, 3.63) is 63.9 Å². The van der Waals surface area contributed by atoms with Crippen LogP contribution in [0.1, 0.15) is 22.7 Å². The Labute approximate surface area is 184 Å². The van der Waals surface area contributed by atoms with Crippen LogP contribution in [-0.2, 0) is 22.6 Å². The molecular formula is C21H24ClFN6O2. The van der Waals surface area contributed by atoms with Gasteiger partial charge in [-0.25, -0.2) is 4.39 Å². The second-order valence-electron chi connectivity index (χ2n) is 7.33. The molecule has 0 spiro atoms. The topological polar surface area (TPSA) is 135 Å². The number of halogens is 2. The van der Waals surface area contributed by atoms with Gasteiger partial charge >= 0.3 is 11.8 Å². The normalized spacial score (nSPS) is 17.0. The molecule has 0 aromatic heterocycles. The first-order valence-corrected chi connectivity index (χ1v) is 10.0. The third-order valence-electron chi connectivity index (χ3n) is 5.06. The van der Waals surface area contributed by atoms with E-state index in [-0.39, 0.29) is 22.6 Å². The second-order valence-corrected chi connectivity index (χ2v) is 7.73. The number of benzene rings is 2. The van der Waals surface area contributed by atoms with Crippen molar-refractivity contribution in [3.63, 3.8) is 0 Å². The number of hydrogen-bond donors (Lipinski definition) is 5. The standard InChI is InChI=1S/C21H24ClFN6O2/c1-26-9-11-2-3-12-7-13(10-27-21(24)25)18(15(12)6-11)29-20(31)19(30)28-14-4-5-16(22)17(23)8-14/h2-6,8,13,18,26H,7,9-10H2,1H3,(H,28,30)(H,29,31)(H4,24,25,27)/t13-,18-/m1/s1. The SMILES string of the molecule is CNCc1ccc2c(c1)[C@H](NC(=O)C(=O)Nc1ccc(Cl)c(F)c1)[C@@H](CN=C(N)N)C2. The predicted molar refractivity (Wildman–Crippen MR) is 118 cm³/mol. The Morgan fingerprint density at radius 2 is 1.97 bits per heavy atom. The van der Waals surface area contributed by atoms with Crippen molar-refractivity contribution >= 4 is 35.1 Å². The lowest BCUT2D eigenvalue weighted by atomic mass is 9.99. The van der Waals surface area contributed by atoms with Crippen molar-refractivity contribution in [2.75, 3.05) is 18.9 Å². The van der Waals surface area contributed by atoms with E-state index in [4.69, 9.17) is 23.1 Å². The number of nitrogens with one attached hydrogen (secondary N) is 3. The minimum absolute atomic E-state index is 0.0422. The van der Waals surface area contributed by atoms with Gasteiger partial charge in [0, 0.05) is 24.7 Å². The van der Waals surface area contributed by atoms with Crippen molar-refractivity contribution in [2.45, 2.75) is 19.0 Å². The maximum Gasteiger partial charge on any atom is 0.313 e. The average molecular weight is 447 g/mol. The molecule has 0 bridgehead atoms. The molecule has 0 saturated heterocycles. The molecule has 1 aliphatic carbocycles. The number of nitrogens with zero attached hydrogens (tertiary/aromatic N) is 1. The van der Waals surface area contributed by atoms with Gasteiger partial charge in [-0.3, -0.25) is 14.6 Å². The van der Waals surface area contributed by atoms with Crippen LogP contribution >= 0.6 is 11.6 Å². The van der Waals surface area contributed by atoms with Gasteiger partial charge in [-0.15, -0.1) is 0 Å². The number of anilines is 1. The molecule has 2 aromatic carbocycles. The minimum atomic E-state index is -0.915. The van der Waals surface area contributed by atoms with Gasteiger partial charge in [-0.05, 0) is 48.4 Å². The molecule has 0 aliphatic heterocycles. The molecule has 0 unspecified atom stereocenters. The number of guanidine groups is 1. The second kappa shape index (κ2) is 9.76. The summed E-state index contributed by atoms with van der Waals surface area (Å²) < 4.78 is 13.6. The van der Waals surface area contributed by atoms with E-state index in [0.717, 1.165) is 22.8 Å². The van der Waals surface area contributed by atoms with Crippen LogP contribution in [0.5, 0.6) is 0 Å². The molecule has 0 radical (unpaired) electrons. The van der Waals surface area contributed by atoms with Crippen LogP contribution in [0, 0.1) is 11.7 Å². The fourth-order valence-electron chi connectivity index (χ4n) is 3.64. The Hall–Kier alpha value is -3.17. The van der Waals surface area contributed by atoms with Gasteiger partial charge in [0.15, 0.2) is 5.96 Å². The molecule has 0 heterocycles. The molecule has 7 N–H and O–H groups in total. The molecule has 1 aliphatic rings. The summed E-state index contributed by atoms with van der Waals surface area (Å²) in [6.07, 6.45) is 0.654. The Bertz CT molecular complexity index is 1020. The number of rotatable bonds is 6. The van der Waals surface area contributed by atoms with E-state index >= 15 is 0 Å². The van der Waals surface area contributed by atoms with Gasteiger partial charge in [0.2, 0.25) is 0 Å². The van der Waals surface area contributed by atoms with Crippen LogP contribution in [-0.4, -0.2) is 31.4 Å². The highest BCUT2D eigenvalue weighted by atomic mass is 35.5. The molecule has 2 aromatic rings. The number of aliphatic imine (C=N–C) groups is 1. The lowest BCUT2D eigenvalue weighted by Crippen LogP contribution is -2.40. The van der Waals surface area contributed by atoms with E-state index in [9.17, 15) is 14.0 Å². The fraction of sp³-hybridized carbons (Fsp3) is 0.286. The maximum atomic E-state index is 13.6. The summed E-state index contributed by atoms with van der Waals surface area (Å²) in [7, 11) is 1.85. The van der Waals surface area contributed by atoms with Crippen molar-refractivity contribution in [2.24, 2.45) is 22.4 Å². The lowest BCUT2D eigenvalue weighted by Gasteiger charge is -2.21. The number of carbonyl (C=O) groups is 2. The summed E-state index contributed by atoms with van der Waals surface area (Å²) in [4.78, 5) is 29.1. The van der Waals surface area contributed by atoms with Gasteiger partial charge in [0.1, 0.15) is 5.82 Å². The van der Waals surface area contributed by atoms with Gasteiger partial charge in [0.05, 0.1) is 11.1 Å². The van der Waals surface area contributed by atoms with Gasteiger partial charge in [-0.1, -0.05) is 29.8 Å². The molecule has 0 saturated carbocycles. The number of fused-ring (bicyclic) bond motifs is 1. The smallest absolute Gasteiger partial charge is 0.313 e. The van der Waals surface area contributed by atoms with Crippen molar-refractivity contribution in [1.29, 1.82) is 0 Å². The number of carbonyl (C=O) groups excluding carboxylic acids is 2. The van der Waals surface area contributed by atoms with Gasteiger partial charge < -0.3 is 27.4 Å². The highest BCUT2D eigenvalue weighted by Gasteiger charge is 2.35. The first-order valence-electron chi connectivity index (χ1n) is 9.67. The van der Waals surface area contributed by atoms with E-state index in [2.05, 4.69) is 20.9 Å². The molecule has 2 atom stereocenters. The first-order chi connectivity index (χ1) is 14.8. The zero-order chi connectivity index (χ0) is 22.5. The molecule has 3 rings (SSSR count). The Morgan fingerprint density at radius 3 is 2.65 bits per heavy atom. The van der Waals surface area contributed by atoms with Crippen LogP contribution in [0.3, 0.4) is 0 Å². The third kappa shape index (κ3) is 5.50. The van der Waals surface area contributed by atoms with E-state index in [1.807, 2.05) is 25.2 Å². The van der Waals surface area contributed by atoms with E-state index < -0.39 is 23.7 Å². The monoisotopic (exact) mass is 446 g/mol. The van der Waals surface area contributed by atoms with E-state index in [0.29, 0.717) is 19.5 Å². The molecule has 31 heavy (non-hydrogen) atoms. The summed E-state index contributed by atoms with van der Waals surface area (Å²) in [5.74, 6) is -2.62. The van der Waals surface area contributed by atoms with Crippen LogP contribution in [0.15, 0.2) is 41.4 Å². The molecule has 0 fully saturated rings. The van der Waals surface area contributed by atoms with Crippen LogP contribution in [0.2, 0.25) is 5.02 Å². The highest BCUT2D eigenvalue weighted by molar-refractivity contribution is 6.39. The molecular weight excluding hydrogens is 423 g/mol. The van der Waals surface area contributed by atoms with Crippen LogP contribution in [0.4, 0.5) is 10.1 Å². The predicted octanol–water partition coefficient (Wildman–Crippen LogP) is 1.44. The van der Waals surface area contributed by atoms with Crippen molar-refractivity contribution in [1.82, 2.24) is 10.6 Å². The van der Waals surface area contributed by atoms with Crippen LogP contribution < -0.4 is 27.4 Å². The van der Waals surface area contributed by atoms with Crippen molar-refractivity contribution in [3.8, 4) is 0 Å². The minimum Gasteiger partial charge on any atom is -0.370 e. The molecule has 8 nitrogen and oxygen atoms in total. The summed E-state index contributed by atoms with van der Waals surface area (Å²) in [6, 6.07) is 9.32. The quantitative estimate of drug-likeness (QED) is 0.260. The zero-order valence-electron chi connectivity index (χ0n) is 16.9. The molecule has 164 valence electrons. The van der Waals surface area contributed by atoms with Crippen molar-refractivity contribution < 1.29 is 14.0 Å². The summed E-state index contributed by atoms with van der Waals surface area (Å²) in [5.41, 5.74) is 14.1. The fourth-order valence-corrected chi connectivity index (χ4v) is 3.76. The van der Waals surface area contributed by atoms with Gasteiger partial charge in [0.25, 0.3) is 0 Å². The number of nitrogens with two attached hydrogens (primary N) is 2. The van der Waals surface area contributed by atoms with Gasteiger partial charge in [-0.2, -0.15) is 0 Å². The largest absolute Gasteiger partial charge is 0.370 e. The number of amides is 2. The zero-order valence-corrected chi connectivity index (χ0v) is 17.7. The summed E-state index contributed by atoms with van der Waals surface area (Å²) >= 11 is 5.64. The highest BCUT2D eigenvalue weighted by Crippen LogP contribution is 2.37.